The van der Waals surface area contributed by atoms with Crippen molar-refractivity contribution < 1.29 is 27.5 Å². The lowest BCUT2D eigenvalue weighted by Crippen LogP contribution is -2.42. The van der Waals surface area contributed by atoms with Gasteiger partial charge in [0.25, 0.3) is 15.9 Å². The smallest absolute Gasteiger partial charge is 0.326 e. The number of carboxylic acid groups (broad SMARTS) is 1. The minimum atomic E-state index is -3.85. The molecule has 0 fully saturated rings. The predicted octanol–water partition coefficient (Wildman–Crippen LogP) is 1.95. The Kier molecular flexibility index (Phi) is 6.07. The van der Waals surface area contributed by atoms with Gasteiger partial charge in [0.15, 0.2) is 0 Å². The summed E-state index contributed by atoms with van der Waals surface area (Å²) < 4.78 is 30.7. The van der Waals surface area contributed by atoms with Gasteiger partial charge in [0.2, 0.25) is 5.09 Å². The van der Waals surface area contributed by atoms with Gasteiger partial charge >= 0.3 is 5.97 Å². The third-order valence-electron chi connectivity index (χ3n) is 4.14. The second kappa shape index (κ2) is 7.93. The monoisotopic (exact) mass is 394 g/mol. The molecule has 0 spiro atoms. The topological polar surface area (TPSA) is 108 Å². The summed E-state index contributed by atoms with van der Waals surface area (Å²) in [7, 11) is -1.15. The molecule has 0 bridgehead atoms. The van der Waals surface area contributed by atoms with Gasteiger partial charge in [-0.25, -0.2) is 17.5 Å². The summed E-state index contributed by atoms with van der Waals surface area (Å²) in [5.41, 5.74) is 0.765. The van der Waals surface area contributed by atoms with E-state index >= 15 is 0 Å². The largest absolute Gasteiger partial charge is 0.480 e. The number of sulfonamides is 1. The molecule has 1 heterocycles. The highest BCUT2D eigenvalue weighted by Gasteiger charge is 2.31. The van der Waals surface area contributed by atoms with Crippen LogP contribution >= 0.6 is 0 Å². The molecule has 27 heavy (non-hydrogen) atoms. The Morgan fingerprint density at radius 1 is 1.19 bits per heavy atom. The van der Waals surface area contributed by atoms with E-state index < -0.39 is 27.9 Å². The molecule has 1 atom stereocenters. The van der Waals surface area contributed by atoms with Crippen LogP contribution in [0.15, 0.2) is 45.9 Å². The van der Waals surface area contributed by atoms with Gasteiger partial charge in [0.1, 0.15) is 11.8 Å². The van der Waals surface area contributed by atoms with Gasteiger partial charge in [-0.2, -0.15) is 0 Å². The van der Waals surface area contributed by atoms with E-state index in [9.17, 15) is 23.1 Å². The highest BCUT2D eigenvalue weighted by Crippen LogP contribution is 2.24. The van der Waals surface area contributed by atoms with Crippen LogP contribution in [0, 0.1) is 6.92 Å². The molecule has 0 saturated carbocycles. The zero-order chi connectivity index (χ0) is 20.4. The first-order chi connectivity index (χ1) is 12.6. The number of aliphatic carboxylic acids is 1. The molecule has 0 radical (unpaired) electrons. The first kappa shape index (κ1) is 20.7. The van der Waals surface area contributed by atoms with E-state index in [-0.39, 0.29) is 23.0 Å². The molecule has 1 aromatic carbocycles. The third-order valence-corrected chi connectivity index (χ3v) is 5.81. The van der Waals surface area contributed by atoms with Crippen molar-refractivity contribution in [1.29, 1.82) is 0 Å². The Balaban J connectivity index is 2.44. The van der Waals surface area contributed by atoms with Crippen LogP contribution in [0.4, 0.5) is 0 Å². The number of nitrogens with zero attached hydrogens (tertiary/aromatic N) is 2. The maximum absolute atomic E-state index is 13.0. The molecule has 1 amide bonds. The lowest BCUT2D eigenvalue weighted by Gasteiger charge is -2.26. The molecular formula is C18H22N2O6S. The standard InChI is InChI=1S/C18H22N2O6S/c1-12(18(22)23)20(11-14-8-6-5-7-9-14)17(21)15-10-16(26-13(15)2)27(24,25)19(3)4/h5-10,12H,11H2,1-4H3,(H,22,23). The van der Waals surface area contributed by atoms with Gasteiger partial charge in [-0.05, 0) is 19.4 Å². The van der Waals surface area contributed by atoms with Crippen molar-refractivity contribution in [2.24, 2.45) is 0 Å². The van der Waals surface area contributed by atoms with Crippen LogP contribution in [0.3, 0.4) is 0 Å². The Morgan fingerprint density at radius 2 is 1.78 bits per heavy atom. The second-order valence-electron chi connectivity index (χ2n) is 6.26. The van der Waals surface area contributed by atoms with E-state index in [1.54, 1.807) is 24.3 Å². The molecule has 1 unspecified atom stereocenters. The molecule has 0 aliphatic rings. The van der Waals surface area contributed by atoms with Crippen LogP contribution in [0.5, 0.6) is 0 Å². The number of aryl methyl sites for hydroxylation is 1. The summed E-state index contributed by atoms with van der Waals surface area (Å²) in [6.07, 6.45) is 0. The van der Waals surface area contributed by atoms with Gasteiger partial charge in [-0.15, -0.1) is 0 Å². The zero-order valence-electron chi connectivity index (χ0n) is 15.5. The van der Waals surface area contributed by atoms with Crippen LogP contribution in [-0.2, 0) is 21.4 Å². The number of amides is 1. The molecule has 8 nitrogen and oxygen atoms in total. The van der Waals surface area contributed by atoms with Crippen molar-refractivity contribution >= 4 is 21.9 Å². The molecule has 9 heteroatoms. The fraction of sp³-hybridized carbons (Fsp3) is 0.333. The van der Waals surface area contributed by atoms with E-state index in [4.69, 9.17) is 4.42 Å². The molecular weight excluding hydrogens is 372 g/mol. The summed E-state index contributed by atoms with van der Waals surface area (Å²) in [5.74, 6) is -1.67. The average molecular weight is 394 g/mol. The Hall–Kier alpha value is -2.65. The van der Waals surface area contributed by atoms with E-state index in [1.165, 1.54) is 32.8 Å². The van der Waals surface area contributed by atoms with E-state index in [2.05, 4.69) is 0 Å². The van der Waals surface area contributed by atoms with E-state index in [0.29, 0.717) is 0 Å². The van der Waals surface area contributed by atoms with Crippen molar-refractivity contribution in [3.05, 3.63) is 53.3 Å². The summed E-state index contributed by atoms with van der Waals surface area (Å²) in [6.45, 7) is 2.93. The van der Waals surface area contributed by atoms with Crippen LogP contribution in [0.1, 0.15) is 28.6 Å². The van der Waals surface area contributed by atoms with Crippen molar-refractivity contribution in [2.45, 2.75) is 31.5 Å². The number of hydrogen-bond donors (Lipinski definition) is 1. The fourth-order valence-electron chi connectivity index (χ4n) is 2.43. The normalized spacial score (nSPS) is 12.8. The zero-order valence-corrected chi connectivity index (χ0v) is 16.4. The van der Waals surface area contributed by atoms with Crippen LogP contribution in [0.2, 0.25) is 0 Å². The number of carbonyl (C=O) groups excluding carboxylic acids is 1. The molecule has 0 aliphatic heterocycles. The Bertz CT molecular complexity index is 934. The molecule has 0 aliphatic carbocycles. The fourth-order valence-corrected chi connectivity index (χ4v) is 3.28. The minimum Gasteiger partial charge on any atom is -0.480 e. The summed E-state index contributed by atoms with van der Waals surface area (Å²) in [5, 5.41) is 9.02. The number of furan rings is 1. The number of hydrogen-bond acceptors (Lipinski definition) is 5. The van der Waals surface area contributed by atoms with Gasteiger partial charge in [-0.3, -0.25) is 4.79 Å². The second-order valence-corrected chi connectivity index (χ2v) is 8.34. The number of carboxylic acids is 1. The maximum Gasteiger partial charge on any atom is 0.326 e. The van der Waals surface area contributed by atoms with Crippen molar-refractivity contribution in [3.63, 3.8) is 0 Å². The SMILES string of the molecule is Cc1oc(S(=O)(=O)N(C)C)cc1C(=O)N(Cc1ccccc1)C(C)C(=O)O. The number of benzene rings is 1. The number of carbonyl (C=O) groups is 2. The third kappa shape index (κ3) is 4.37. The number of rotatable bonds is 7. The van der Waals surface area contributed by atoms with Crippen molar-refractivity contribution in [3.8, 4) is 0 Å². The highest BCUT2D eigenvalue weighted by atomic mass is 32.2. The van der Waals surface area contributed by atoms with Crippen molar-refractivity contribution in [2.75, 3.05) is 14.1 Å². The van der Waals surface area contributed by atoms with Gasteiger partial charge in [0, 0.05) is 26.7 Å². The average Bonchev–Trinajstić information content (AvgIpc) is 3.01. The first-order valence-corrected chi connectivity index (χ1v) is 9.60. The van der Waals surface area contributed by atoms with Crippen LogP contribution in [-0.4, -0.2) is 54.7 Å². The summed E-state index contributed by atoms with van der Waals surface area (Å²) in [6, 6.07) is 8.97. The predicted molar refractivity (Wildman–Crippen MR) is 97.7 cm³/mol. The molecule has 1 N–H and O–H groups in total. The highest BCUT2D eigenvalue weighted by molar-refractivity contribution is 7.88. The molecule has 1 aromatic heterocycles. The van der Waals surface area contributed by atoms with Gasteiger partial charge < -0.3 is 14.4 Å². The summed E-state index contributed by atoms with van der Waals surface area (Å²) in [4.78, 5) is 25.7. The lowest BCUT2D eigenvalue weighted by molar-refractivity contribution is -0.141. The Morgan fingerprint density at radius 3 is 2.30 bits per heavy atom. The van der Waals surface area contributed by atoms with Gasteiger partial charge in [0.05, 0.1) is 5.56 Å². The summed E-state index contributed by atoms with van der Waals surface area (Å²) >= 11 is 0. The van der Waals surface area contributed by atoms with Crippen LogP contribution in [0.25, 0.3) is 0 Å². The van der Waals surface area contributed by atoms with Gasteiger partial charge in [-0.1, -0.05) is 30.3 Å². The molecule has 2 rings (SSSR count). The molecule has 146 valence electrons. The van der Waals surface area contributed by atoms with Crippen LogP contribution < -0.4 is 0 Å². The Labute approximate surface area is 158 Å². The lowest BCUT2D eigenvalue weighted by atomic mass is 10.1. The quantitative estimate of drug-likeness (QED) is 0.769. The van der Waals surface area contributed by atoms with Crippen molar-refractivity contribution in [1.82, 2.24) is 9.21 Å². The van der Waals surface area contributed by atoms with E-state index in [1.807, 2.05) is 6.07 Å². The maximum atomic E-state index is 13.0. The molecule has 0 saturated heterocycles. The van der Waals surface area contributed by atoms with E-state index in [0.717, 1.165) is 15.9 Å². The molecule has 2 aromatic rings. The first-order valence-electron chi connectivity index (χ1n) is 8.16. The minimum absolute atomic E-state index is 0.0134.